The van der Waals surface area contributed by atoms with Crippen molar-refractivity contribution in [2.75, 3.05) is 13.1 Å². The Morgan fingerprint density at radius 3 is 2.06 bits per heavy atom. The van der Waals surface area contributed by atoms with Crippen LogP contribution in [-0.4, -0.2) is 24.0 Å². The molecule has 0 aromatic heterocycles. The number of nitrogens with zero attached hydrogens (tertiary/aromatic N) is 1. The van der Waals surface area contributed by atoms with Gasteiger partial charge >= 0.3 is 0 Å². The summed E-state index contributed by atoms with van der Waals surface area (Å²) in [6, 6.07) is 0.735. The molecule has 1 fully saturated rings. The van der Waals surface area contributed by atoms with Gasteiger partial charge < -0.3 is 4.90 Å². The van der Waals surface area contributed by atoms with Crippen LogP contribution in [-0.2, 0) is 0 Å². The first-order chi connectivity index (χ1) is 8.53. The maximum atomic E-state index is 2.66. The van der Waals surface area contributed by atoms with Gasteiger partial charge in [0.15, 0.2) is 0 Å². The zero-order valence-corrected chi connectivity index (χ0v) is 13.5. The van der Waals surface area contributed by atoms with Crippen molar-refractivity contribution in [2.45, 2.75) is 85.6 Å². The highest BCUT2D eigenvalue weighted by Crippen LogP contribution is 2.41. The fraction of sp³-hybridized carbons (Fsp3) is 1.00. The molecule has 0 radical (unpaired) electrons. The van der Waals surface area contributed by atoms with E-state index in [4.69, 9.17) is 0 Å². The molecule has 1 heterocycles. The Labute approximate surface area is 115 Å². The third kappa shape index (κ3) is 4.57. The third-order valence-electron chi connectivity index (χ3n) is 5.23. The number of piperidine rings is 1. The number of hydrogen-bond donors (Lipinski definition) is 0. The van der Waals surface area contributed by atoms with Gasteiger partial charge in [0.1, 0.15) is 0 Å². The van der Waals surface area contributed by atoms with Crippen LogP contribution in [0.2, 0.25) is 0 Å². The molecule has 0 N–H and O–H groups in total. The summed E-state index contributed by atoms with van der Waals surface area (Å²) in [5, 5.41) is 0. The van der Waals surface area contributed by atoms with Crippen molar-refractivity contribution in [1.82, 2.24) is 4.90 Å². The van der Waals surface area contributed by atoms with E-state index in [1.165, 1.54) is 58.0 Å². The standard InChI is InChI=1S/C17H35N/c1-6-9-17(10-8-16(5)7-2)11-13-18(14-12-17)15(3)4/h15-16H,6-14H2,1-5H3. The predicted octanol–water partition coefficient (Wildman–Crippen LogP) is 5.10. The van der Waals surface area contributed by atoms with Crippen molar-refractivity contribution in [3.8, 4) is 0 Å². The minimum Gasteiger partial charge on any atom is -0.301 e. The average Bonchev–Trinajstić information content (AvgIpc) is 2.37. The van der Waals surface area contributed by atoms with Crippen LogP contribution in [0.25, 0.3) is 0 Å². The molecule has 1 aliphatic rings. The molecular weight excluding hydrogens is 218 g/mol. The van der Waals surface area contributed by atoms with Crippen molar-refractivity contribution < 1.29 is 0 Å². The molecule has 108 valence electrons. The highest BCUT2D eigenvalue weighted by atomic mass is 15.2. The van der Waals surface area contributed by atoms with Gasteiger partial charge in [-0.1, -0.05) is 40.0 Å². The van der Waals surface area contributed by atoms with Gasteiger partial charge in [0.25, 0.3) is 0 Å². The van der Waals surface area contributed by atoms with Crippen molar-refractivity contribution in [2.24, 2.45) is 11.3 Å². The third-order valence-corrected chi connectivity index (χ3v) is 5.23. The fourth-order valence-electron chi connectivity index (χ4n) is 3.43. The Bertz CT molecular complexity index is 214. The molecule has 0 aliphatic carbocycles. The summed E-state index contributed by atoms with van der Waals surface area (Å²) in [4.78, 5) is 2.66. The van der Waals surface area contributed by atoms with Gasteiger partial charge in [0.2, 0.25) is 0 Å². The maximum Gasteiger partial charge on any atom is 0.00385 e. The summed E-state index contributed by atoms with van der Waals surface area (Å²) < 4.78 is 0. The highest BCUT2D eigenvalue weighted by molar-refractivity contribution is 4.87. The molecule has 1 aliphatic heterocycles. The van der Waals surface area contributed by atoms with Gasteiger partial charge in [-0.15, -0.1) is 0 Å². The molecule has 0 aromatic carbocycles. The van der Waals surface area contributed by atoms with Crippen LogP contribution in [0.5, 0.6) is 0 Å². The molecule has 0 amide bonds. The summed E-state index contributed by atoms with van der Waals surface area (Å²) >= 11 is 0. The lowest BCUT2D eigenvalue weighted by molar-refractivity contribution is 0.0632. The van der Waals surface area contributed by atoms with Crippen molar-refractivity contribution in [3.63, 3.8) is 0 Å². The second kappa shape index (κ2) is 7.53. The Hall–Kier alpha value is -0.0400. The molecular formula is C17H35N. The quantitative estimate of drug-likeness (QED) is 0.610. The van der Waals surface area contributed by atoms with Gasteiger partial charge in [-0.3, -0.25) is 0 Å². The molecule has 1 atom stereocenters. The number of hydrogen-bond acceptors (Lipinski definition) is 1. The molecule has 1 saturated heterocycles. The van der Waals surface area contributed by atoms with Crippen LogP contribution in [0.1, 0.15) is 79.6 Å². The molecule has 0 aromatic rings. The Balaban J connectivity index is 2.50. The summed E-state index contributed by atoms with van der Waals surface area (Å²) in [7, 11) is 0. The minimum absolute atomic E-state index is 0.684. The molecule has 0 bridgehead atoms. The van der Waals surface area contributed by atoms with Crippen LogP contribution >= 0.6 is 0 Å². The smallest absolute Gasteiger partial charge is 0.00385 e. The van der Waals surface area contributed by atoms with E-state index in [-0.39, 0.29) is 0 Å². The van der Waals surface area contributed by atoms with E-state index >= 15 is 0 Å². The lowest BCUT2D eigenvalue weighted by Crippen LogP contribution is -2.43. The highest BCUT2D eigenvalue weighted by Gasteiger charge is 2.34. The first kappa shape index (κ1) is 16.0. The van der Waals surface area contributed by atoms with Crippen LogP contribution in [0.15, 0.2) is 0 Å². The maximum absolute atomic E-state index is 2.66. The predicted molar refractivity (Wildman–Crippen MR) is 82.0 cm³/mol. The van der Waals surface area contributed by atoms with E-state index in [2.05, 4.69) is 39.5 Å². The van der Waals surface area contributed by atoms with E-state index in [1.807, 2.05) is 0 Å². The minimum atomic E-state index is 0.684. The second-order valence-electron chi connectivity index (χ2n) is 6.93. The normalized spacial score (nSPS) is 22.3. The van der Waals surface area contributed by atoms with E-state index < -0.39 is 0 Å². The summed E-state index contributed by atoms with van der Waals surface area (Å²) in [6.07, 6.45) is 9.96. The van der Waals surface area contributed by atoms with Crippen LogP contribution < -0.4 is 0 Å². The van der Waals surface area contributed by atoms with Gasteiger partial charge in [-0.25, -0.2) is 0 Å². The summed E-state index contributed by atoms with van der Waals surface area (Å²) in [6.45, 7) is 14.5. The van der Waals surface area contributed by atoms with Gasteiger partial charge in [-0.2, -0.15) is 0 Å². The van der Waals surface area contributed by atoms with Crippen LogP contribution in [0, 0.1) is 11.3 Å². The van der Waals surface area contributed by atoms with E-state index in [9.17, 15) is 0 Å². The number of likely N-dealkylation sites (tertiary alicyclic amines) is 1. The zero-order chi connectivity index (χ0) is 13.6. The molecule has 18 heavy (non-hydrogen) atoms. The average molecular weight is 253 g/mol. The van der Waals surface area contributed by atoms with Crippen molar-refractivity contribution >= 4 is 0 Å². The fourth-order valence-corrected chi connectivity index (χ4v) is 3.43. The summed E-state index contributed by atoms with van der Waals surface area (Å²) in [5.41, 5.74) is 0.684. The Kier molecular flexibility index (Phi) is 6.70. The van der Waals surface area contributed by atoms with Gasteiger partial charge in [0.05, 0.1) is 0 Å². The number of rotatable bonds is 7. The van der Waals surface area contributed by atoms with E-state index in [0.717, 1.165) is 12.0 Å². The van der Waals surface area contributed by atoms with Gasteiger partial charge in [-0.05, 0) is 64.0 Å². The Morgan fingerprint density at radius 2 is 1.61 bits per heavy atom. The van der Waals surface area contributed by atoms with E-state index in [1.54, 1.807) is 0 Å². The topological polar surface area (TPSA) is 3.24 Å². The van der Waals surface area contributed by atoms with Crippen LogP contribution in [0.4, 0.5) is 0 Å². The monoisotopic (exact) mass is 253 g/mol. The molecule has 0 saturated carbocycles. The SMILES string of the molecule is CCCC1(CCC(C)CC)CCN(C(C)C)CC1. The van der Waals surface area contributed by atoms with Crippen LogP contribution in [0.3, 0.4) is 0 Å². The first-order valence-electron chi connectivity index (χ1n) is 8.27. The van der Waals surface area contributed by atoms with Crippen molar-refractivity contribution in [3.05, 3.63) is 0 Å². The largest absolute Gasteiger partial charge is 0.301 e. The second-order valence-corrected chi connectivity index (χ2v) is 6.93. The van der Waals surface area contributed by atoms with Gasteiger partial charge in [0, 0.05) is 6.04 Å². The summed E-state index contributed by atoms with van der Waals surface area (Å²) in [5.74, 6) is 0.918. The molecule has 1 unspecified atom stereocenters. The molecule has 1 nitrogen and oxygen atoms in total. The zero-order valence-electron chi connectivity index (χ0n) is 13.5. The molecule has 0 spiro atoms. The van der Waals surface area contributed by atoms with Crippen molar-refractivity contribution in [1.29, 1.82) is 0 Å². The lowest BCUT2D eigenvalue weighted by atomic mass is 9.70. The Morgan fingerprint density at radius 1 is 1.00 bits per heavy atom. The first-order valence-corrected chi connectivity index (χ1v) is 8.27. The lowest BCUT2D eigenvalue weighted by Gasteiger charge is -2.44. The molecule has 1 heteroatoms. The van der Waals surface area contributed by atoms with E-state index in [0.29, 0.717) is 5.41 Å². The molecule has 1 rings (SSSR count).